The van der Waals surface area contributed by atoms with Crippen LogP contribution < -0.4 is 5.32 Å². The van der Waals surface area contributed by atoms with Crippen LogP contribution >= 0.6 is 11.3 Å². The fourth-order valence-corrected chi connectivity index (χ4v) is 5.65. The second-order valence-corrected chi connectivity index (χ2v) is 10.3. The van der Waals surface area contributed by atoms with Gasteiger partial charge in [0, 0.05) is 55.2 Å². The van der Waals surface area contributed by atoms with Crippen molar-refractivity contribution in [1.29, 1.82) is 0 Å². The predicted octanol–water partition coefficient (Wildman–Crippen LogP) is 3.97. The second-order valence-electron chi connectivity index (χ2n) is 9.37. The minimum absolute atomic E-state index is 0.153. The smallest absolute Gasteiger partial charge is 0.274 e. The summed E-state index contributed by atoms with van der Waals surface area (Å²) in [5.41, 5.74) is 6.45. The van der Waals surface area contributed by atoms with Gasteiger partial charge in [0.15, 0.2) is 0 Å². The maximum atomic E-state index is 14.7. The fraction of sp³-hybridized carbons (Fsp3) is 0.222. The van der Waals surface area contributed by atoms with E-state index in [0.717, 1.165) is 32.9 Å². The van der Waals surface area contributed by atoms with Gasteiger partial charge in [-0.25, -0.2) is 9.37 Å². The van der Waals surface area contributed by atoms with E-state index in [9.17, 15) is 14.0 Å². The molecule has 3 aromatic heterocycles. The Labute approximate surface area is 221 Å². The largest absolute Gasteiger partial charge is 0.380 e. The number of amides is 2. The Hall–Kier alpha value is -4.38. The molecule has 2 aromatic carbocycles. The molecule has 0 fully saturated rings. The second kappa shape index (κ2) is 9.49. The number of carbonyl (C=O) groups is 2. The van der Waals surface area contributed by atoms with Gasteiger partial charge in [0.05, 0.1) is 34.5 Å². The maximum Gasteiger partial charge on any atom is 0.274 e. The number of benzene rings is 2. The first kappa shape index (κ1) is 24.0. The van der Waals surface area contributed by atoms with E-state index in [1.165, 1.54) is 22.3 Å². The number of rotatable bonds is 5. The Morgan fingerprint density at radius 3 is 2.79 bits per heavy atom. The molecule has 0 saturated heterocycles. The summed E-state index contributed by atoms with van der Waals surface area (Å²) in [5.74, 6) is -0.900. The zero-order valence-electron chi connectivity index (χ0n) is 20.7. The van der Waals surface area contributed by atoms with Crippen LogP contribution in [0.3, 0.4) is 0 Å². The first-order valence-corrected chi connectivity index (χ1v) is 13.0. The van der Waals surface area contributed by atoms with Crippen LogP contribution in [0, 0.1) is 5.82 Å². The van der Waals surface area contributed by atoms with Crippen LogP contribution in [0.5, 0.6) is 0 Å². The van der Waals surface area contributed by atoms with E-state index in [1.807, 2.05) is 18.2 Å². The van der Waals surface area contributed by atoms with Crippen molar-refractivity contribution >= 4 is 50.8 Å². The molecular weight excluding hydrogens is 505 g/mol. The Morgan fingerprint density at radius 1 is 1.16 bits per heavy atom. The van der Waals surface area contributed by atoms with Gasteiger partial charge in [-0.05, 0) is 35.9 Å². The molecule has 1 aliphatic heterocycles. The van der Waals surface area contributed by atoms with E-state index in [0.29, 0.717) is 23.1 Å². The molecule has 11 heteroatoms. The molecule has 38 heavy (non-hydrogen) atoms. The SMILES string of the molecule is CN(C)C(=O)C1Cc2c([nH]c3cccc(F)c23)CN1C(=O)c1ncsc1CNc1ccc2nccnc2c1. The summed E-state index contributed by atoms with van der Waals surface area (Å²) in [5, 5.41) is 3.81. The maximum absolute atomic E-state index is 14.7. The van der Waals surface area contributed by atoms with E-state index in [1.54, 1.807) is 49.0 Å². The number of aromatic amines is 1. The van der Waals surface area contributed by atoms with Crippen molar-refractivity contribution in [3.05, 3.63) is 81.9 Å². The van der Waals surface area contributed by atoms with Gasteiger partial charge in [-0.2, -0.15) is 0 Å². The molecule has 1 aliphatic rings. The van der Waals surface area contributed by atoms with E-state index in [4.69, 9.17) is 0 Å². The van der Waals surface area contributed by atoms with Gasteiger partial charge in [-0.3, -0.25) is 19.6 Å². The highest BCUT2D eigenvalue weighted by Crippen LogP contribution is 2.33. The summed E-state index contributed by atoms with van der Waals surface area (Å²) in [6, 6.07) is 9.77. The molecule has 4 heterocycles. The molecule has 0 aliphatic carbocycles. The normalized spacial score (nSPS) is 15.0. The van der Waals surface area contributed by atoms with Gasteiger partial charge < -0.3 is 20.1 Å². The number of nitrogens with zero attached hydrogens (tertiary/aromatic N) is 5. The lowest BCUT2D eigenvalue weighted by atomic mass is 9.95. The zero-order chi connectivity index (χ0) is 26.4. The molecule has 2 N–H and O–H groups in total. The van der Waals surface area contributed by atoms with Gasteiger partial charge >= 0.3 is 0 Å². The fourth-order valence-electron chi connectivity index (χ4n) is 4.96. The van der Waals surface area contributed by atoms with Crippen LogP contribution in [0.15, 0.2) is 54.3 Å². The first-order valence-electron chi connectivity index (χ1n) is 12.1. The molecule has 0 radical (unpaired) electrons. The van der Waals surface area contributed by atoms with Crippen molar-refractivity contribution in [2.75, 3.05) is 19.4 Å². The van der Waals surface area contributed by atoms with Crippen molar-refractivity contribution in [2.45, 2.75) is 25.6 Å². The van der Waals surface area contributed by atoms with Crippen LogP contribution in [-0.2, 0) is 24.3 Å². The highest BCUT2D eigenvalue weighted by molar-refractivity contribution is 7.10. The molecule has 2 amide bonds. The minimum Gasteiger partial charge on any atom is -0.380 e. The molecule has 0 saturated carbocycles. The van der Waals surface area contributed by atoms with Crippen molar-refractivity contribution in [1.82, 2.24) is 29.7 Å². The number of hydrogen-bond donors (Lipinski definition) is 2. The molecular formula is C27H24FN7O2S. The average molecular weight is 530 g/mol. The van der Waals surface area contributed by atoms with Gasteiger partial charge in [0.1, 0.15) is 17.6 Å². The number of nitrogens with one attached hydrogen (secondary N) is 2. The number of halogens is 1. The number of anilines is 1. The summed E-state index contributed by atoms with van der Waals surface area (Å²) in [6.07, 6.45) is 3.51. The topological polar surface area (TPSA) is 107 Å². The van der Waals surface area contributed by atoms with Crippen LogP contribution in [0.25, 0.3) is 21.9 Å². The summed E-state index contributed by atoms with van der Waals surface area (Å²) >= 11 is 1.37. The van der Waals surface area contributed by atoms with E-state index in [-0.39, 0.29) is 30.6 Å². The number of H-pyrrole nitrogens is 1. The third-order valence-electron chi connectivity index (χ3n) is 6.82. The van der Waals surface area contributed by atoms with E-state index >= 15 is 0 Å². The van der Waals surface area contributed by atoms with Gasteiger partial charge in [0.25, 0.3) is 5.91 Å². The summed E-state index contributed by atoms with van der Waals surface area (Å²) in [6.45, 7) is 0.529. The highest BCUT2D eigenvalue weighted by Gasteiger charge is 2.39. The van der Waals surface area contributed by atoms with Crippen LogP contribution in [0.2, 0.25) is 0 Å². The summed E-state index contributed by atoms with van der Waals surface area (Å²) in [4.78, 5) is 47.1. The predicted molar refractivity (Wildman–Crippen MR) is 143 cm³/mol. The third kappa shape index (κ3) is 4.14. The average Bonchev–Trinajstić information content (AvgIpc) is 3.55. The number of carbonyl (C=O) groups excluding carboxylic acids is 2. The standard InChI is InChI=1S/C27H24FN7O2S/c1-34(2)26(36)22-11-16-21(33-19-5-3-4-17(28)24(16)19)13-35(22)27(37)25-23(38-14-32-25)12-31-15-6-7-18-20(10-15)30-9-8-29-18/h3-10,14,22,31,33H,11-13H2,1-2H3. The molecule has 1 atom stereocenters. The lowest BCUT2D eigenvalue weighted by molar-refractivity contribution is -0.134. The number of thiazole rings is 1. The van der Waals surface area contributed by atoms with Crippen molar-refractivity contribution in [3.8, 4) is 0 Å². The number of likely N-dealkylation sites (N-methyl/N-ethyl adjacent to an activating group) is 1. The molecule has 9 nitrogen and oxygen atoms in total. The Bertz CT molecular complexity index is 1700. The van der Waals surface area contributed by atoms with E-state index < -0.39 is 6.04 Å². The Kier molecular flexibility index (Phi) is 5.99. The van der Waals surface area contributed by atoms with Crippen LogP contribution in [-0.4, -0.2) is 61.7 Å². The highest BCUT2D eigenvalue weighted by atomic mass is 32.1. The van der Waals surface area contributed by atoms with Gasteiger partial charge in [0.2, 0.25) is 5.91 Å². The van der Waals surface area contributed by atoms with Crippen LogP contribution in [0.4, 0.5) is 10.1 Å². The number of hydrogen-bond acceptors (Lipinski definition) is 7. The lowest BCUT2D eigenvalue weighted by Gasteiger charge is -2.36. The van der Waals surface area contributed by atoms with Crippen molar-refractivity contribution < 1.29 is 14.0 Å². The Morgan fingerprint density at radius 2 is 1.97 bits per heavy atom. The Balaban J connectivity index is 1.29. The summed E-state index contributed by atoms with van der Waals surface area (Å²) < 4.78 is 14.7. The zero-order valence-corrected chi connectivity index (χ0v) is 21.6. The molecule has 0 spiro atoms. The van der Waals surface area contributed by atoms with Gasteiger partial charge in [-0.15, -0.1) is 11.3 Å². The molecule has 192 valence electrons. The van der Waals surface area contributed by atoms with Gasteiger partial charge in [-0.1, -0.05) is 6.07 Å². The monoisotopic (exact) mass is 529 g/mol. The molecule has 1 unspecified atom stereocenters. The first-order chi connectivity index (χ1) is 18.4. The van der Waals surface area contributed by atoms with E-state index in [2.05, 4.69) is 25.3 Å². The molecule has 5 aromatic rings. The number of aromatic nitrogens is 4. The van der Waals surface area contributed by atoms with Crippen molar-refractivity contribution in [2.24, 2.45) is 0 Å². The number of fused-ring (bicyclic) bond motifs is 4. The molecule has 6 rings (SSSR count). The lowest BCUT2D eigenvalue weighted by Crippen LogP contribution is -2.52. The van der Waals surface area contributed by atoms with Crippen molar-refractivity contribution in [3.63, 3.8) is 0 Å². The quantitative estimate of drug-likeness (QED) is 0.357. The third-order valence-corrected chi connectivity index (χ3v) is 7.65. The van der Waals surface area contributed by atoms with Crippen LogP contribution in [0.1, 0.15) is 26.6 Å². The summed E-state index contributed by atoms with van der Waals surface area (Å²) in [7, 11) is 3.31. The molecule has 0 bridgehead atoms. The minimum atomic E-state index is -0.773.